The van der Waals surface area contributed by atoms with E-state index >= 15 is 0 Å². The second-order valence-corrected chi connectivity index (χ2v) is 3.96. The van der Waals surface area contributed by atoms with E-state index in [4.69, 9.17) is 10.8 Å². The number of aliphatic carboxylic acids is 1. The third-order valence-electron chi connectivity index (χ3n) is 2.47. The largest absolute Gasteiger partial charge is 0.480 e. The van der Waals surface area contributed by atoms with E-state index in [-0.39, 0.29) is 6.42 Å². The molecule has 0 heterocycles. The molecule has 90 valence electrons. The maximum absolute atomic E-state index is 12.7. The smallest absolute Gasteiger partial charge is 0.394 e. The fourth-order valence-electron chi connectivity index (χ4n) is 1.48. The van der Waals surface area contributed by atoms with Crippen LogP contribution in [0.4, 0.5) is 13.2 Å². The number of hydrogen-bond donors (Lipinski definition) is 2. The minimum atomic E-state index is -4.42. The third kappa shape index (κ3) is 3.70. The van der Waals surface area contributed by atoms with Crippen LogP contribution in [-0.2, 0) is 4.79 Å². The van der Waals surface area contributed by atoms with E-state index in [0.717, 1.165) is 6.92 Å². The summed E-state index contributed by atoms with van der Waals surface area (Å²) >= 11 is 0. The lowest BCUT2D eigenvalue weighted by atomic mass is 9.79. The fourth-order valence-corrected chi connectivity index (χ4v) is 1.48. The van der Waals surface area contributed by atoms with Crippen molar-refractivity contribution < 1.29 is 23.1 Å². The van der Waals surface area contributed by atoms with Crippen LogP contribution in [0.25, 0.3) is 0 Å². The number of halogens is 3. The number of rotatable bonds is 5. The van der Waals surface area contributed by atoms with Gasteiger partial charge in [-0.2, -0.15) is 13.2 Å². The highest BCUT2D eigenvalue weighted by Crippen LogP contribution is 2.44. The monoisotopic (exact) mass is 227 g/mol. The summed E-state index contributed by atoms with van der Waals surface area (Å²) < 4.78 is 38.0. The van der Waals surface area contributed by atoms with E-state index in [9.17, 15) is 18.0 Å². The summed E-state index contributed by atoms with van der Waals surface area (Å²) in [6, 6.07) is -1.47. The number of nitrogens with two attached hydrogens (primary N) is 1. The summed E-state index contributed by atoms with van der Waals surface area (Å²) in [5.74, 6) is -1.40. The normalized spacial score (nSPS) is 18.3. The topological polar surface area (TPSA) is 63.3 Å². The zero-order chi connectivity index (χ0) is 12.3. The van der Waals surface area contributed by atoms with Crippen LogP contribution < -0.4 is 5.73 Å². The summed E-state index contributed by atoms with van der Waals surface area (Å²) in [7, 11) is 0. The minimum absolute atomic E-state index is 0.114. The molecule has 0 bridgehead atoms. The van der Waals surface area contributed by atoms with Gasteiger partial charge in [0.05, 0.1) is 5.41 Å². The van der Waals surface area contributed by atoms with Crippen molar-refractivity contribution in [3.05, 3.63) is 0 Å². The van der Waals surface area contributed by atoms with Gasteiger partial charge in [-0.3, -0.25) is 4.79 Å². The van der Waals surface area contributed by atoms with Crippen molar-refractivity contribution in [1.82, 2.24) is 0 Å². The molecule has 0 aromatic heterocycles. The molecule has 15 heavy (non-hydrogen) atoms. The Balaban J connectivity index is 4.73. The second-order valence-electron chi connectivity index (χ2n) is 3.96. The fraction of sp³-hybridized carbons (Fsp3) is 0.889. The third-order valence-corrected chi connectivity index (χ3v) is 2.47. The van der Waals surface area contributed by atoms with Gasteiger partial charge >= 0.3 is 12.1 Å². The van der Waals surface area contributed by atoms with Gasteiger partial charge in [0.1, 0.15) is 6.04 Å². The molecular formula is C9H16F3NO2. The second kappa shape index (κ2) is 4.83. The lowest BCUT2D eigenvalue weighted by Crippen LogP contribution is -2.43. The van der Waals surface area contributed by atoms with Crippen molar-refractivity contribution in [2.45, 2.75) is 45.3 Å². The molecule has 0 fully saturated rings. The Hall–Kier alpha value is -0.780. The van der Waals surface area contributed by atoms with Crippen LogP contribution >= 0.6 is 0 Å². The summed E-state index contributed by atoms with van der Waals surface area (Å²) in [5.41, 5.74) is 3.12. The van der Waals surface area contributed by atoms with Gasteiger partial charge in [-0.25, -0.2) is 0 Å². The predicted octanol–water partition coefficient (Wildman–Crippen LogP) is 2.16. The van der Waals surface area contributed by atoms with Crippen LogP contribution in [0.3, 0.4) is 0 Å². The Kier molecular flexibility index (Phi) is 4.58. The molecule has 0 rings (SSSR count). The molecule has 0 aliphatic rings. The minimum Gasteiger partial charge on any atom is -0.480 e. The van der Waals surface area contributed by atoms with E-state index in [1.54, 1.807) is 6.92 Å². The van der Waals surface area contributed by atoms with E-state index in [1.807, 2.05) is 0 Å². The van der Waals surface area contributed by atoms with Crippen molar-refractivity contribution in [3.63, 3.8) is 0 Å². The van der Waals surface area contributed by atoms with E-state index < -0.39 is 30.0 Å². The zero-order valence-corrected chi connectivity index (χ0v) is 8.77. The Labute approximate surface area is 86.5 Å². The van der Waals surface area contributed by atoms with Gasteiger partial charge in [-0.05, 0) is 12.8 Å². The Bertz CT molecular complexity index is 230. The molecule has 0 saturated carbocycles. The first-order valence-corrected chi connectivity index (χ1v) is 4.69. The molecule has 0 spiro atoms. The molecule has 0 radical (unpaired) electrons. The van der Waals surface area contributed by atoms with Gasteiger partial charge in [0.2, 0.25) is 0 Å². The molecule has 3 N–H and O–H groups in total. The van der Waals surface area contributed by atoms with Crippen LogP contribution in [0.5, 0.6) is 0 Å². The average molecular weight is 227 g/mol. The maximum atomic E-state index is 12.7. The molecule has 2 unspecified atom stereocenters. The predicted molar refractivity (Wildman–Crippen MR) is 49.3 cm³/mol. The molecule has 0 saturated heterocycles. The highest BCUT2D eigenvalue weighted by Gasteiger charge is 2.51. The Morgan fingerprint density at radius 1 is 1.47 bits per heavy atom. The van der Waals surface area contributed by atoms with Gasteiger partial charge in [0, 0.05) is 0 Å². The molecular weight excluding hydrogens is 211 g/mol. The quantitative estimate of drug-likeness (QED) is 0.756. The van der Waals surface area contributed by atoms with E-state index in [0.29, 0.717) is 6.42 Å². The highest BCUT2D eigenvalue weighted by molar-refractivity contribution is 5.73. The molecule has 3 nitrogen and oxygen atoms in total. The average Bonchev–Trinajstić information content (AvgIpc) is 2.02. The van der Waals surface area contributed by atoms with Crippen LogP contribution in [0.1, 0.15) is 33.1 Å². The first-order valence-electron chi connectivity index (χ1n) is 4.69. The number of carboxylic acids is 1. The number of alkyl halides is 3. The van der Waals surface area contributed by atoms with Crippen LogP contribution in [-0.4, -0.2) is 23.3 Å². The van der Waals surface area contributed by atoms with Crippen LogP contribution in [0.2, 0.25) is 0 Å². The summed E-state index contributed by atoms with van der Waals surface area (Å²) in [4.78, 5) is 10.4. The molecule has 0 aliphatic heterocycles. The van der Waals surface area contributed by atoms with Gasteiger partial charge < -0.3 is 10.8 Å². The zero-order valence-electron chi connectivity index (χ0n) is 8.77. The first kappa shape index (κ1) is 14.2. The van der Waals surface area contributed by atoms with Crippen molar-refractivity contribution in [1.29, 1.82) is 0 Å². The molecule has 0 aromatic carbocycles. The van der Waals surface area contributed by atoms with Gasteiger partial charge in [-0.1, -0.05) is 20.3 Å². The van der Waals surface area contributed by atoms with E-state index in [1.165, 1.54) is 0 Å². The van der Waals surface area contributed by atoms with Gasteiger partial charge in [0.15, 0.2) is 0 Å². The van der Waals surface area contributed by atoms with Crippen LogP contribution in [0.15, 0.2) is 0 Å². The van der Waals surface area contributed by atoms with Crippen molar-refractivity contribution >= 4 is 5.97 Å². The van der Waals surface area contributed by atoms with Gasteiger partial charge in [-0.15, -0.1) is 0 Å². The standard InChI is InChI=1S/C9H16F3NO2/c1-3-4-8(2,9(10,11)12)5-6(13)7(14)15/h6H,3-5,13H2,1-2H3,(H,14,15). The highest BCUT2D eigenvalue weighted by atomic mass is 19.4. The van der Waals surface area contributed by atoms with Gasteiger partial charge in [0.25, 0.3) is 0 Å². The number of hydrogen-bond acceptors (Lipinski definition) is 2. The lowest BCUT2D eigenvalue weighted by molar-refractivity contribution is -0.224. The van der Waals surface area contributed by atoms with Crippen molar-refractivity contribution in [2.75, 3.05) is 0 Å². The van der Waals surface area contributed by atoms with Crippen molar-refractivity contribution in [3.8, 4) is 0 Å². The molecule has 0 aromatic rings. The summed E-state index contributed by atoms with van der Waals surface area (Å²) in [6.07, 6.45) is -4.78. The number of carbonyl (C=O) groups is 1. The number of carboxylic acid groups (broad SMARTS) is 1. The molecule has 6 heteroatoms. The lowest BCUT2D eigenvalue weighted by Gasteiger charge is -2.33. The first-order chi connectivity index (χ1) is 6.64. The SMILES string of the molecule is CCCC(C)(CC(N)C(=O)O)C(F)(F)F. The van der Waals surface area contributed by atoms with Crippen LogP contribution in [0, 0.1) is 5.41 Å². The van der Waals surface area contributed by atoms with Crippen molar-refractivity contribution in [2.24, 2.45) is 11.1 Å². The summed E-state index contributed by atoms with van der Waals surface area (Å²) in [5, 5.41) is 8.49. The molecule has 2 atom stereocenters. The maximum Gasteiger partial charge on any atom is 0.394 e. The molecule has 0 amide bonds. The Morgan fingerprint density at radius 3 is 2.20 bits per heavy atom. The Morgan fingerprint density at radius 2 is 1.93 bits per heavy atom. The van der Waals surface area contributed by atoms with E-state index in [2.05, 4.69) is 0 Å². The summed E-state index contributed by atoms with van der Waals surface area (Å²) in [6.45, 7) is 2.63. The molecule has 0 aliphatic carbocycles.